The molecular weight excluding hydrogens is 325 g/mol. The molecule has 1 unspecified atom stereocenters. The molecule has 0 radical (unpaired) electrons. The summed E-state index contributed by atoms with van der Waals surface area (Å²) >= 11 is 5.68. The third-order valence-electron chi connectivity index (χ3n) is 2.78. The van der Waals surface area contributed by atoms with Crippen molar-refractivity contribution < 1.29 is 18.7 Å². The fourth-order valence-corrected chi connectivity index (χ4v) is 1.78. The minimum absolute atomic E-state index is 0.164. The first kappa shape index (κ1) is 16.7. The van der Waals surface area contributed by atoms with E-state index in [0.29, 0.717) is 5.75 Å². The highest BCUT2D eigenvalue weighted by atomic mass is 35.5. The maximum absolute atomic E-state index is 12.8. The van der Waals surface area contributed by atoms with Gasteiger partial charge in [-0.2, -0.15) is 0 Å². The van der Waals surface area contributed by atoms with Crippen LogP contribution in [0.15, 0.2) is 42.6 Å². The van der Waals surface area contributed by atoms with Gasteiger partial charge in [-0.3, -0.25) is 20.4 Å². The van der Waals surface area contributed by atoms with Gasteiger partial charge >= 0.3 is 0 Å². The van der Waals surface area contributed by atoms with Gasteiger partial charge in [-0.15, -0.1) is 0 Å². The number of hydrogen-bond acceptors (Lipinski definition) is 4. The predicted octanol–water partition coefficient (Wildman–Crippen LogP) is 2.10. The van der Waals surface area contributed by atoms with Crippen LogP contribution in [0.4, 0.5) is 4.39 Å². The van der Waals surface area contributed by atoms with Gasteiger partial charge in [-0.05, 0) is 43.3 Å². The minimum atomic E-state index is -0.887. The molecule has 0 aliphatic rings. The summed E-state index contributed by atoms with van der Waals surface area (Å²) in [5.74, 6) is -1.18. The first-order valence-corrected chi connectivity index (χ1v) is 6.97. The molecule has 120 valence electrons. The van der Waals surface area contributed by atoms with E-state index in [2.05, 4.69) is 15.8 Å². The minimum Gasteiger partial charge on any atom is -0.481 e. The fourth-order valence-electron chi connectivity index (χ4n) is 1.61. The molecule has 2 rings (SSSR count). The Kier molecular flexibility index (Phi) is 5.48. The van der Waals surface area contributed by atoms with Gasteiger partial charge in [0.05, 0.1) is 0 Å². The number of ether oxygens (including phenoxy) is 1. The zero-order chi connectivity index (χ0) is 16.8. The maximum Gasteiger partial charge on any atom is 0.279 e. The lowest BCUT2D eigenvalue weighted by Gasteiger charge is -2.15. The average molecular weight is 338 g/mol. The van der Waals surface area contributed by atoms with Crippen molar-refractivity contribution in [3.05, 3.63) is 59.1 Å². The van der Waals surface area contributed by atoms with Crippen molar-refractivity contribution in [2.45, 2.75) is 13.0 Å². The van der Waals surface area contributed by atoms with E-state index in [9.17, 15) is 14.0 Å². The Bertz CT molecular complexity index is 709. The van der Waals surface area contributed by atoms with E-state index in [1.54, 1.807) is 0 Å². The second kappa shape index (κ2) is 7.55. The van der Waals surface area contributed by atoms with E-state index in [-0.39, 0.29) is 10.7 Å². The van der Waals surface area contributed by atoms with E-state index in [1.165, 1.54) is 49.5 Å². The van der Waals surface area contributed by atoms with Crippen LogP contribution in [0.25, 0.3) is 0 Å². The molecule has 1 atom stereocenters. The molecule has 6 nitrogen and oxygen atoms in total. The van der Waals surface area contributed by atoms with Crippen LogP contribution in [0.1, 0.15) is 17.3 Å². The Morgan fingerprint density at radius 3 is 2.57 bits per heavy atom. The lowest BCUT2D eigenvalue weighted by Crippen LogP contribution is -2.47. The molecule has 2 aromatic rings. The number of aromatic nitrogens is 1. The Hall–Kier alpha value is -2.67. The molecule has 1 aromatic heterocycles. The standard InChI is InChI=1S/C15H13ClFN3O3/c1-9(23-12-4-2-11(17)3-5-12)14(21)19-20-15(22)10-6-7-18-13(16)8-10/h2-9H,1H3,(H,19,21)(H,20,22). The van der Waals surface area contributed by atoms with Crippen LogP contribution >= 0.6 is 11.6 Å². The number of hydrogen-bond donors (Lipinski definition) is 2. The van der Waals surface area contributed by atoms with Crippen LogP contribution in [-0.4, -0.2) is 22.9 Å². The summed E-state index contributed by atoms with van der Waals surface area (Å²) in [6.45, 7) is 1.49. The summed E-state index contributed by atoms with van der Waals surface area (Å²) < 4.78 is 18.1. The number of benzene rings is 1. The Morgan fingerprint density at radius 1 is 1.22 bits per heavy atom. The average Bonchev–Trinajstić information content (AvgIpc) is 2.54. The van der Waals surface area contributed by atoms with Crippen molar-refractivity contribution in [1.82, 2.24) is 15.8 Å². The lowest BCUT2D eigenvalue weighted by atomic mass is 10.2. The van der Waals surface area contributed by atoms with E-state index in [4.69, 9.17) is 16.3 Å². The molecule has 2 N–H and O–H groups in total. The summed E-state index contributed by atoms with van der Waals surface area (Å²) in [5.41, 5.74) is 4.72. The number of hydrazine groups is 1. The van der Waals surface area contributed by atoms with Gasteiger partial charge in [-0.25, -0.2) is 9.37 Å². The number of carbonyl (C=O) groups is 2. The van der Waals surface area contributed by atoms with Crippen molar-refractivity contribution in [2.24, 2.45) is 0 Å². The normalized spacial score (nSPS) is 11.4. The summed E-state index contributed by atoms with van der Waals surface area (Å²) in [5, 5.41) is 0.164. The molecule has 0 saturated carbocycles. The molecule has 0 aliphatic heterocycles. The Labute approximate surface area is 136 Å². The molecule has 0 fully saturated rings. The monoisotopic (exact) mass is 337 g/mol. The van der Waals surface area contributed by atoms with Crippen LogP contribution in [0.2, 0.25) is 5.15 Å². The first-order chi connectivity index (χ1) is 11.0. The van der Waals surface area contributed by atoms with Crippen molar-refractivity contribution in [1.29, 1.82) is 0 Å². The van der Waals surface area contributed by atoms with Crippen molar-refractivity contribution in [2.75, 3.05) is 0 Å². The summed E-state index contributed by atoms with van der Waals surface area (Å²) in [6.07, 6.45) is 0.487. The summed E-state index contributed by atoms with van der Waals surface area (Å²) in [7, 11) is 0. The fraction of sp³-hybridized carbons (Fsp3) is 0.133. The van der Waals surface area contributed by atoms with Crippen LogP contribution in [0.5, 0.6) is 5.75 Å². The highest BCUT2D eigenvalue weighted by Crippen LogP contribution is 2.13. The Balaban J connectivity index is 1.86. The lowest BCUT2D eigenvalue weighted by molar-refractivity contribution is -0.128. The van der Waals surface area contributed by atoms with Crippen molar-refractivity contribution in [3.63, 3.8) is 0 Å². The molecule has 1 heterocycles. The number of amides is 2. The number of nitrogens with one attached hydrogen (secondary N) is 2. The third-order valence-corrected chi connectivity index (χ3v) is 2.99. The van der Waals surface area contributed by atoms with Gasteiger partial charge in [0.25, 0.3) is 11.8 Å². The molecule has 1 aromatic carbocycles. The van der Waals surface area contributed by atoms with Crippen LogP contribution in [-0.2, 0) is 4.79 Å². The van der Waals surface area contributed by atoms with Crippen LogP contribution in [0, 0.1) is 5.82 Å². The molecule has 0 aliphatic carbocycles. The molecule has 0 saturated heterocycles. The second-order valence-corrected chi connectivity index (χ2v) is 4.91. The van der Waals surface area contributed by atoms with Gasteiger partial charge < -0.3 is 4.74 Å². The molecular formula is C15H13ClFN3O3. The largest absolute Gasteiger partial charge is 0.481 e. The van der Waals surface area contributed by atoms with Gasteiger partial charge in [0.2, 0.25) is 0 Å². The predicted molar refractivity (Wildman–Crippen MR) is 81.3 cm³/mol. The number of halogens is 2. The Morgan fingerprint density at radius 2 is 1.91 bits per heavy atom. The van der Waals surface area contributed by atoms with E-state index < -0.39 is 23.7 Å². The number of pyridine rings is 1. The molecule has 8 heteroatoms. The van der Waals surface area contributed by atoms with E-state index in [1.807, 2.05) is 0 Å². The SMILES string of the molecule is CC(Oc1ccc(F)cc1)C(=O)NNC(=O)c1ccnc(Cl)c1. The van der Waals surface area contributed by atoms with E-state index in [0.717, 1.165) is 0 Å². The van der Waals surface area contributed by atoms with Crippen LogP contribution < -0.4 is 15.6 Å². The molecule has 2 amide bonds. The van der Waals surface area contributed by atoms with Gasteiger partial charge in [0.1, 0.15) is 16.7 Å². The topological polar surface area (TPSA) is 80.3 Å². The zero-order valence-electron chi connectivity index (χ0n) is 12.0. The van der Waals surface area contributed by atoms with Crippen molar-refractivity contribution in [3.8, 4) is 5.75 Å². The molecule has 0 spiro atoms. The second-order valence-electron chi connectivity index (χ2n) is 4.52. The molecule has 0 bridgehead atoms. The first-order valence-electron chi connectivity index (χ1n) is 6.59. The number of carbonyl (C=O) groups excluding carboxylic acids is 2. The van der Waals surface area contributed by atoms with Gasteiger partial charge in [0.15, 0.2) is 6.10 Å². The third kappa shape index (κ3) is 4.93. The highest BCUT2D eigenvalue weighted by Gasteiger charge is 2.16. The smallest absolute Gasteiger partial charge is 0.279 e. The number of rotatable bonds is 4. The van der Waals surface area contributed by atoms with Crippen LogP contribution in [0.3, 0.4) is 0 Å². The summed E-state index contributed by atoms with van der Waals surface area (Å²) in [4.78, 5) is 27.4. The quantitative estimate of drug-likeness (QED) is 0.661. The number of nitrogens with zero attached hydrogens (tertiary/aromatic N) is 1. The van der Waals surface area contributed by atoms with Crippen molar-refractivity contribution >= 4 is 23.4 Å². The highest BCUT2D eigenvalue weighted by molar-refractivity contribution is 6.29. The summed E-state index contributed by atoms with van der Waals surface area (Å²) in [6, 6.07) is 8.05. The van der Waals surface area contributed by atoms with Gasteiger partial charge in [0, 0.05) is 11.8 Å². The van der Waals surface area contributed by atoms with Gasteiger partial charge in [-0.1, -0.05) is 11.6 Å². The molecule has 23 heavy (non-hydrogen) atoms. The maximum atomic E-state index is 12.8. The van der Waals surface area contributed by atoms with E-state index >= 15 is 0 Å². The zero-order valence-corrected chi connectivity index (χ0v) is 12.8.